The largest absolute Gasteiger partial charge is 0.368 e. The van der Waals surface area contributed by atoms with Crippen LogP contribution in [0.25, 0.3) is 0 Å². The number of hydrogen-bond acceptors (Lipinski definition) is 7. The summed E-state index contributed by atoms with van der Waals surface area (Å²) in [6, 6.07) is 11.9. The maximum atomic E-state index is 13.3. The number of nitrogens with one attached hydrogen (secondary N) is 1. The minimum absolute atomic E-state index is 0.00837. The smallest absolute Gasteiger partial charge is 0.254 e. The molecule has 5 rings (SSSR count). The Morgan fingerprint density at radius 1 is 1.03 bits per heavy atom. The molecule has 0 aromatic heterocycles. The number of hydrogen-bond donors (Lipinski definition) is 1. The fourth-order valence-electron chi connectivity index (χ4n) is 4.83. The van der Waals surface area contributed by atoms with E-state index in [0.29, 0.717) is 18.7 Å². The summed E-state index contributed by atoms with van der Waals surface area (Å²) < 4.78 is 23.6. The average Bonchev–Trinajstić information content (AvgIpc) is 3.29. The van der Waals surface area contributed by atoms with Gasteiger partial charge >= 0.3 is 0 Å². The van der Waals surface area contributed by atoms with Gasteiger partial charge in [0.2, 0.25) is 0 Å². The zero-order chi connectivity index (χ0) is 24.0. The van der Waals surface area contributed by atoms with Crippen LogP contribution >= 0.6 is 11.8 Å². The first-order valence-corrected chi connectivity index (χ1v) is 14.3. The summed E-state index contributed by atoms with van der Waals surface area (Å²) in [5, 5.41) is 4.07. The second-order valence-electron chi connectivity index (χ2n) is 9.39. The normalized spacial score (nSPS) is 23.6. The fraction of sp³-hybridized carbons (Fsp3) is 0.440. The topological polar surface area (TPSA) is 82.1 Å². The van der Waals surface area contributed by atoms with E-state index in [9.17, 15) is 13.2 Å². The standard InChI is InChI=1S/C25H30N4O3S2/c1-16-5-4-6-22(18(16)3)28-9-11-29(12-10-28)24(30)19-8-7-17(2)20(13-19)26-25-27-21-14-34(31,32)15-23(21)33-25/h4-8,13,21,23H,9-12,14-15H2,1-3H3,(H,26,27)/t21-,23+/m0/s1. The number of carbonyl (C=O) groups excluding carboxylic acids is 1. The number of anilines is 2. The molecule has 0 bridgehead atoms. The molecule has 2 atom stereocenters. The van der Waals surface area contributed by atoms with Crippen LogP contribution in [-0.4, -0.2) is 73.4 Å². The van der Waals surface area contributed by atoms with E-state index < -0.39 is 9.84 Å². The Balaban J connectivity index is 1.25. The maximum Gasteiger partial charge on any atom is 0.254 e. The van der Waals surface area contributed by atoms with Gasteiger partial charge in [-0.05, 0) is 55.7 Å². The van der Waals surface area contributed by atoms with Gasteiger partial charge in [0.25, 0.3) is 5.91 Å². The average molecular weight is 499 g/mol. The summed E-state index contributed by atoms with van der Waals surface area (Å²) in [5.74, 6) is 0.344. The third-order valence-corrected chi connectivity index (χ3v) is 10.2. The van der Waals surface area contributed by atoms with Crippen LogP contribution in [0.1, 0.15) is 27.0 Å². The van der Waals surface area contributed by atoms with Crippen LogP contribution in [0.2, 0.25) is 0 Å². The first kappa shape index (κ1) is 23.2. The van der Waals surface area contributed by atoms with Crippen LogP contribution < -0.4 is 10.2 Å². The van der Waals surface area contributed by atoms with Gasteiger partial charge in [-0.2, -0.15) is 0 Å². The number of amides is 1. The van der Waals surface area contributed by atoms with Gasteiger partial charge < -0.3 is 15.1 Å². The van der Waals surface area contributed by atoms with Crippen LogP contribution in [0.4, 0.5) is 11.4 Å². The molecule has 0 radical (unpaired) electrons. The molecule has 3 heterocycles. The number of carbonyl (C=O) groups is 1. The number of fused-ring (bicyclic) bond motifs is 1. The molecule has 9 heteroatoms. The Bertz CT molecular complexity index is 1270. The Morgan fingerprint density at radius 3 is 2.53 bits per heavy atom. The lowest BCUT2D eigenvalue weighted by Gasteiger charge is -2.37. The van der Waals surface area contributed by atoms with Gasteiger partial charge in [0.15, 0.2) is 15.0 Å². The van der Waals surface area contributed by atoms with Gasteiger partial charge in [-0.1, -0.05) is 30.0 Å². The molecule has 7 nitrogen and oxygen atoms in total. The lowest BCUT2D eigenvalue weighted by atomic mass is 10.1. The molecule has 180 valence electrons. The number of benzene rings is 2. The van der Waals surface area contributed by atoms with Crippen LogP contribution in [0.5, 0.6) is 0 Å². The Labute approximate surface area is 205 Å². The molecule has 3 aliphatic heterocycles. The third kappa shape index (κ3) is 4.55. The van der Waals surface area contributed by atoms with Crippen molar-refractivity contribution in [2.45, 2.75) is 32.1 Å². The number of aryl methyl sites for hydroxylation is 2. The van der Waals surface area contributed by atoms with Gasteiger partial charge in [-0.15, -0.1) is 0 Å². The molecule has 2 saturated heterocycles. The van der Waals surface area contributed by atoms with Crippen molar-refractivity contribution in [3.63, 3.8) is 0 Å². The maximum absolute atomic E-state index is 13.3. The van der Waals surface area contributed by atoms with Crippen molar-refractivity contribution in [3.8, 4) is 0 Å². The second kappa shape index (κ2) is 8.92. The predicted molar refractivity (Wildman–Crippen MR) is 140 cm³/mol. The summed E-state index contributed by atoms with van der Waals surface area (Å²) in [4.78, 5) is 22.1. The van der Waals surface area contributed by atoms with E-state index in [-0.39, 0.29) is 28.7 Å². The number of aliphatic imine (C=N–C) groups is 1. The molecule has 34 heavy (non-hydrogen) atoms. The molecule has 2 aromatic rings. The number of nitrogens with zero attached hydrogens (tertiary/aromatic N) is 3. The lowest BCUT2D eigenvalue weighted by Crippen LogP contribution is -2.49. The lowest BCUT2D eigenvalue weighted by molar-refractivity contribution is 0.0747. The quantitative estimate of drug-likeness (QED) is 0.700. The summed E-state index contributed by atoms with van der Waals surface area (Å²) in [6.45, 7) is 9.27. The van der Waals surface area contributed by atoms with E-state index >= 15 is 0 Å². The predicted octanol–water partition coefficient (Wildman–Crippen LogP) is 3.25. The zero-order valence-corrected chi connectivity index (χ0v) is 21.4. The van der Waals surface area contributed by atoms with Gasteiger partial charge in [0, 0.05) is 48.4 Å². The van der Waals surface area contributed by atoms with Crippen molar-refractivity contribution in [1.82, 2.24) is 4.90 Å². The molecule has 2 fully saturated rings. The molecule has 0 saturated carbocycles. The number of thioether (sulfide) groups is 1. The number of amidine groups is 1. The third-order valence-electron chi connectivity index (χ3n) is 7.03. The van der Waals surface area contributed by atoms with Crippen molar-refractivity contribution < 1.29 is 13.2 Å². The number of rotatable bonds is 3. The van der Waals surface area contributed by atoms with E-state index in [0.717, 1.165) is 29.5 Å². The van der Waals surface area contributed by atoms with E-state index in [2.05, 4.69) is 47.3 Å². The Kier molecular flexibility index (Phi) is 6.10. The van der Waals surface area contributed by atoms with E-state index in [1.165, 1.54) is 28.6 Å². The molecule has 1 N–H and O–H groups in total. The van der Waals surface area contributed by atoms with Gasteiger partial charge in [-0.25, -0.2) is 8.42 Å². The molecular weight excluding hydrogens is 468 g/mol. The first-order chi connectivity index (χ1) is 16.2. The molecule has 1 amide bonds. The zero-order valence-electron chi connectivity index (χ0n) is 19.7. The van der Waals surface area contributed by atoms with Crippen molar-refractivity contribution in [2.75, 3.05) is 47.9 Å². The number of sulfone groups is 1. The minimum Gasteiger partial charge on any atom is -0.368 e. The molecule has 0 unspecified atom stereocenters. The molecule has 3 aliphatic rings. The van der Waals surface area contributed by atoms with Crippen molar-refractivity contribution in [1.29, 1.82) is 0 Å². The molecule has 0 spiro atoms. The van der Waals surface area contributed by atoms with E-state index in [1.54, 1.807) is 0 Å². The molecule has 0 aliphatic carbocycles. The molecule has 2 aromatic carbocycles. The van der Waals surface area contributed by atoms with Gasteiger partial charge in [0.05, 0.1) is 17.5 Å². The highest BCUT2D eigenvalue weighted by atomic mass is 32.2. The van der Waals surface area contributed by atoms with Crippen LogP contribution in [0, 0.1) is 20.8 Å². The highest BCUT2D eigenvalue weighted by Gasteiger charge is 2.42. The summed E-state index contributed by atoms with van der Waals surface area (Å²) >= 11 is 1.49. The van der Waals surface area contributed by atoms with Gasteiger partial charge in [0.1, 0.15) is 0 Å². The summed E-state index contributed by atoms with van der Waals surface area (Å²) in [5.41, 5.74) is 6.34. The first-order valence-electron chi connectivity index (χ1n) is 11.6. The highest BCUT2D eigenvalue weighted by Crippen LogP contribution is 2.35. The molecular formula is C25H30N4O3S2. The summed E-state index contributed by atoms with van der Waals surface area (Å²) in [7, 11) is -2.98. The minimum atomic E-state index is -2.98. The van der Waals surface area contributed by atoms with Crippen LogP contribution in [0.3, 0.4) is 0 Å². The SMILES string of the molecule is Cc1ccc(C(=O)N2CCN(c3cccc(C)c3C)CC2)cc1NC1=N[C@H]2CS(=O)(=O)C[C@H]2S1. The summed E-state index contributed by atoms with van der Waals surface area (Å²) in [6.07, 6.45) is 0. The van der Waals surface area contributed by atoms with Gasteiger partial charge in [-0.3, -0.25) is 9.79 Å². The van der Waals surface area contributed by atoms with E-state index in [1.807, 2.05) is 30.0 Å². The van der Waals surface area contributed by atoms with Crippen molar-refractivity contribution in [3.05, 3.63) is 58.7 Å². The van der Waals surface area contributed by atoms with Crippen LogP contribution in [0.15, 0.2) is 41.4 Å². The van der Waals surface area contributed by atoms with E-state index in [4.69, 9.17) is 0 Å². The fourth-order valence-corrected chi connectivity index (χ4v) is 8.50. The monoisotopic (exact) mass is 498 g/mol. The number of piperazine rings is 1. The Morgan fingerprint density at radius 2 is 1.79 bits per heavy atom. The van der Waals surface area contributed by atoms with Crippen LogP contribution in [-0.2, 0) is 9.84 Å². The second-order valence-corrected chi connectivity index (χ2v) is 12.8. The van der Waals surface area contributed by atoms with Crippen molar-refractivity contribution in [2.24, 2.45) is 4.99 Å². The Hall–Kier alpha value is -2.52. The van der Waals surface area contributed by atoms with Crippen molar-refractivity contribution >= 4 is 44.0 Å². The highest BCUT2D eigenvalue weighted by molar-refractivity contribution is 8.15.